The van der Waals surface area contributed by atoms with Crippen molar-refractivity contribution in [2.75, 3.05) is 6.61 Å². The van der Waals surface area contributed by atoms with Crippen LogP contribution in [0.25, 0.3) is 0 Å². The molecule has 1 N–H and O–H groups in total. The van der Waals surface area contributed by atoms with E-state index in [-0.39, 0.29) is 6.61 Å². The molecule has 0 spiro atoms. The molecule has 1 heterocycles. The van der Waals surface area contributed by atoms with Crippen LogP contribution in [0.15, 0.2) is 24.3 Å². The minimum absolute atomic E-state index is 0.281. The van der Waals surface area contributed by atoms with Crippen LogP contribution in [0.4, 0.5) is 4.39 Å². The number of hydrogen-bond donors (Lipinski definition) is 1. The molecular formula is C15H15FN2O2. The topological polar surface area (TPSA) is 47.3 Å². The summed E-state index contributed by atoms with van der Waals surface area (Å²) in [6.45, 7) is 1.94. The lowest BCUT2D eigenvalue weighted by Crippen LogP contribution is -2.04. The first-order chi connectivity index (χ1) is 9.60. The maximum Gasteiger partial charge on any atom is 0.135 e. The van der Waals surface area contributed by atoms with Crippen LogP contribution in [0.2, 0.25) is 0 Å². The summed E-state index contributed by atoms with van der Waals surface area (Å²) in [6.07, 6.45) is 0. The molecule has 0 aliphatic rings. The first-order valence-corrected chi connectivity index (χ1v) is 6.11. The standard InChI is InChI=1S/C15H15FN2O2/c1-11-8-14(18(2)17-11)10-20-15-6-5-13(16)9-12(15)4-3-7-19/h5-6,8-9,19H,7,10H2,1-2H3. The quantitative estimate of drug-likeness (QED) is 0.868. The Labute approximate surface area is 116 Å². The molecule has 0 saturated heterocycles. The average Bonchev–Trinajstić information content (AvgIpc) is 2.73. The Bertz CT molecular complexity index is 668. The molecule has 4 nitrogen and oxygen atoms in total. The number of rotatable bonds is 3. The van der Waals surface area contributed by atoms with Gasteiger partial charge in [-0.3, -0.25) is 4.68 Å². The van der Waals surface area contributed by atoms with Crippen LogP contribution >= 0.6 is 0 Å². The Morgan fingerprint density at radius 3 is 2.85 bits per heavy atom. The zero-order chi connectivity index (χ0) is 14.5. The second-order valence-electron chi connectivity index (χ2n) is 4.29. The number of nitrogens with zero attached hydrogens (tertiary/aromatic N) is 2. The summed E-state index contributed by atoms with van der Waals surface area (Å²) >= 11 is 0. The number of hydrogen-bond acceptors (Lipinski definition) is 3. The average molecular weight is 274 g/mol. The smallest absolute Gasteiger partial charge is 0.135 e. The van der Waals surface area contributed by atoms with Gasteiger partial charge in [0.15, 0.2) is 0 Å². The van der Waals surface area contributed by atoms with Crippen LogP contribution in [-0.2, 0) is 13.7 Å². The van der Waals surface area contributed by atoms with Crippen LogP contribution in [0.1, 0.15) is 17.0 Å². The van der Waals surface area contributed by atoms with Gasteiger partial charge in [-0.05, 0) is 31.2 Å². The number of ether oxygens (including phenoxy) is 1. The molecule has 0 amide bonds. The molecule has 1 aromatic heterocycles. The van der Waals surface area contributed by atoms with Gasteiger partial charge in [-0.15, -0.1) is 0 Å². The van der Waals surface area contributed by atoms with Crippen LogP contribution in [0.3, 0.4) is 0 Å². The zero-order valence-corrected chi connectivity index (χ0v) is 11.4. The number of benzene rings is 1. The second kappa shape index (κ2) is 6.22. The van der Waals surface area contributed by atoms with E-state index < -0.39 is 5.82 Å². The van der Waals surface area contributed by atoms with Gasteiger partial charge in [0.2, 0.25) is 0 Å². The summed E-state index contributed by atoms with van der Waals surface area (Å²) < 4.78 is 20.6. The molecule has 0 aliphatic heterocycles. The summed E-state index contributed by atoms with van der Waals surface area (Å²) in [4.78, 5) is 0. The van der Waals surface area contributed by atoms with Gasteiger partial charge in [0.25, 0.3) is 0 Å². The molecule has 0 atom stereocenters. The fourth-order valence-electron chi connectivity index (χ4n) is 1.81. The number of aryl methyl sites for hydroxylation is 2. The molecule has 0 bridgehead atoms. The number of aromatic nitrogens is 2. The Hall–Kier alpha value is -2.32. The maximum absolute atomic E-state index is 13.2. The predicted octanol–water partition coefficient (Wildman–Crippen LogP) is 1.79. The van der Waals surface area contributed by atoms with E-state index in [1.54, 1.807) is 4.68 Å². The van der Waals surface area contributed by atoms with Crippen LogP contribution < -0.4 is 4.74 Å². The molecule has 0 fully saturated rings. The first kappa shape index (κ1) is 14.1. The van der Waals surface area contributed by atoms with E-state index in [0.717, 1.165) is 11.4 Å². The highest BCUT2D eigenvalue weighted by Gasteiger charge is 2.06. The Morgan fingerprint density at radius 1 is 1.40 bits per heavy atom. The molecule has 104 valence electrons. The summed E-state index contributed by atoms with van der Waals surface area (Å²) in [6, 6.07) is 6.04. The van der Waals surface area contributed by atoms with Crippen LogP contribution in [0.5, 0.6) is 5.75 Å². The number of aliphatic hydroxyl groups is 1. The maximum atomic E-state index is 13.2. The van der Waals surface area contributed by atoms with E-state index in [4.69, 9.17) is 9.84 Å². The Morgan fingerprint density at radius 2 is 2.20 bits per heavy atom. The van der Waals surface area contributed by atoms with Gasteiger partial charge in [0, 0.05) is 7.05 Å². The Kier molecular flexibility index (Phi) is 4.38. The highest BCUT2D eigenvalue weighted by Crippen LogP contribution is 2.20. The van der Waals surface area contributed by atoms with E-state index in [1.165, 1.54) is 18.2 Å². The highest BCUT2D eigenvalue weighted by molar-refractivity contribution is 5.46. The molecule has 1 aromatic carbocycles. The minimum Gasteiger partial charge on any atom is -0.486 e. The van der Waals surface area contributed by atoms with E-state index in [0.29, 0.717) is 17.9 Å². The fraction of sp³-hybridized carbons (Fsp3) is 0.267. The number of halogens is 1. The van der Waals surface area contributed by atoms with Gasteiger partial charge >= 0.3 is 0 Å². The molecule has 2 rings (SSSR count). The fourth-order valence-corrected chi connectivity index (χ4v) is 1.81. The third-order valence-corrected chi connectivity index (χ3v) is 2.72. The van der Waals surface area contributed by atoms with Gasteiger partial charge in [-0.2, -0.15) is 5.10 Å². The third-order valence-electron chi connectivity index (χ3n) is 2.72. The van der Waals surface area contributed by atoms with Crippen LogP contribution in [0, 0.1) is 24.6 Å². The molecule has 0 aliphatic carbocycles. The van der Waals surface area contributed by atoms with E-state index in [1.807, 2.05) is 20.0 Å². The van der Waals surface area contributed by atoms with Gasteiger partial charge < -0.3 is 9.84 Å². The SMILES string of the molecule is Cc1cc(COc2ccc(F)cc2C#CCO)n(C)n1. The van der Waals surface area contributed by atoms with Crippen molar-refractivity contribution in [3.05, 3.63) is 47.0 Å². The van der Waals surface area contributed by atoms with Crippen molar-refractivity contribution in [2.45, 2.75) is 13.5 Å². The monoisotopic (exact) mass is 274 g/mol. The lowest BCUT2D eigenvalue weighted by Gasteiger charge is -2.08. The van der Waals surface area contributed by atoms with Gasteiger partial charge in [-0.25, -0.2) is 4.39 Å². The highest BCUT2D eigenvalue weighted by atomic mass is 19.1. The van der Waals surface area contributed by atoms with E-state index >= 15 is 0 Å². The zero-order valence-electron chi connectivity index (χ0n) is 11.4. The van der Waals surface area contributed by atoms with E-state index in [2.05, 4.69) is 16.9 Å². The van der Waals surface area contributed by atoms with Crippen molar-refractivity contribution in [2.24, 2.45) is 7.05 Å². The van der Waals surface area contributed by atoms with Crippen molar-refractivity contribution in [3.63, 3.8) is 0 Å². The summed E-state index contributed by atoms with van der Waals surface area (Å²) in [5.74, 6) is 5.24. The molecule has 0 radical (unpaired) electrons. The largest absolute Gasteiger partial charge is 0.486 e. The van der Waals surface area contributed by atoms with Crippen molar-refractivity contribution < 1.29 is 14.2 Å². The summed E-state index contributed by atoms with van der Waals surface area (Å²) in [5.41, 5.74) is 2.23. The molecule has 2 aromatic rings. The molecule has 5 heteroatoms. The lowest BCUT2D eigenvalue weighted by molar-refractivity contribution is 0.293. The molecular weight excluding hydrogens is 259 g/mol. The van der Waals surface area contributed by atoms with Crippen molar-refractivity contribution >= 4 is 0 Å². The molecule has 0 saturated carbocycles. The summed E-state index contributed by atoms with van der Waals surface area (Å²) in [7, 11) is 1.84. The van der Waals surface area contributed by atoms with Gasteiger partial charge in [0.05, 0.1) is 17.0 Å². The predicted molar refractivity (Wildman–Crippen MR) is 72.6 cm³/mol. The lowest BCUT2D eigenvalue weighted by atomic mass is 10.2. The number of aliphatic hydroxyl groups excluding tert-OH is 1. The van der Waals surface area contributed by atoms with E-state index in [9.17, 15) is 4.39 Å². The second-order valence-corrected chi connectivity index (χ2v) is 4.29. The normalized spacial score (nSPS) is 10.0. The van der Waals surface area contributed by atoms with Crippen LogP contribution in [-0.4, -0.2) is 21.5 Å². The van der Waals surface area contributed by atoms with Crippen molar-refractivity contribution in [1.82, 2.24) is 9.78 Å². The van der Waals surface area contributed by atoms with Gasteiger partial charge in [-0.1, -0.05) is 11.8 Å². The van der Waals surface area contributed by atoms with Gasteiger partial charge in [0.1, 0.15) is 24.8 Å². The molecule has 20 heavy (non-hydrogen) atoms. The third kappa shape index (κ3) is 3.37. The van der Waals surface area contributed by atoms with Crippen molar-refractivity contribution in [1.29, 1.82) is 0 Å². The Balaban J connectivity index is 2.18. The first-order valence-electron chi connectivity index (χ1n) is 6.11. The molecule has 0 unspecified atom stereocenters. The minimum atomic E-state index is -0.393. The van der Waals surface area contributed by atoms with Crippen molar-refractivity contribution in [3.8, 4) is 17.6 Å². The summed E-state index contributed by atoms with van der Waals surface area (Å²) in [5, 5.41) is 12.9.